The third-order valence-electron chi connectivity index (χ3n) is 5.27. The number of nitrogens with zero attached hydrogens (tertiary/aromatic N) is 1. The minimum Gasteiger partial charge on any atom is -0.496 e. The number of hydrogen-bond acceptors (Lipinski definition) is 5. The van der Waals surface area contributed by atoms with Gasteiger partial charge < -0.3 is 9.47 Å². The second-order valence-corrected chi connectivity index (χ2v) is 7.35. The Labute approximate surface area is 184 Å². The van der Waals surface area contributed by atoms with Gasteiger partial charge in [0.25, 0.3) is 0 Å². The highest BCUT2D eigenvalue weighted by Crippen LogP contribution is 2.21. The van der Waals surface area contributed by atoms with Crippen LogP contribution in [0, 0.1) is 11.7 Å². The van der Waals surface area contributed by atoms with Gasteiger partial charge in [0.15, 0.2) is 5.78 Å². The molecule has 0 spiro atoms. The monoisotopic (exact) mass is 429 g/mol. The van der Waals surface area contributed by atoms with E-state index in [1.54, 1.807) is 14.0 Å². The molecule has 2 aromatic carbocycles. The largest absolute Gasteiger partial charge is 0.496 e. The fourth-order valence-electron chi connectivity index (χ4n) is 3.52. The number of Topliss-reactive ketones (excluding diaryl/α,β-unsaturated/α-hetero) is 1. The van der Waals surface area contributed by atoms with E-state index in [0.29, 0.717) is 18.4 Å². The number of carbonyl (C=O) groups excluding carboxylic acids is 2. The molecule has 0 N–H and O–H groups in total. The Morgan fingerprint density at radius 3 is 2.39 bits per heavy atom. The van der Waals surface area contributed by atoms with Crippen molar-refractivity contribution in [1.82, 2.24) is 4.90 Å². The van der Waals surface area contributed by atoms with Gasteiger partial charge in [-0.1, -0.05) is 31.5 Å². The van der Waals surface area contributed by atoms with Crippen LogP contribution in [0.3, 0.4) is 0 Å². The number of carbonyl (C=O) groups is 2. The van der Waals surface area contributed by atoms with Crippen LogP contribution in [-0.2, 0) is 16.1 Å². The number of unbranched alkanes of at least 4 members (excludes halogenated alkanes) is 1. The van der Waals surface area contributed by atoms with E-state index in [4.69, 9.17) is 9.47 Å². The summed E-state index contributed by atoms with van der Waals surface area (Å²) in [5, 5.41) is 0. The minimum absolute atomic E-state index is 0.217. The summed E-state index contributed by atoms with van der Waals surface area (Å²) in [6.45, 7) is 6.54. The van der Waals surface area contributed by atoms with E-state index in [2.05, 4.69) is 17.9 Å². The first-order valence-corrected chi connectivity index (χ1v) is 10.8. The molecule has 5 nitrogen and oxygen atoms in total. The maximum atomic E-state index is 13.2. The third kappa shape index (κ3) is 7.47. The highest BCUT2D eigenvalue weighted by molar-refractivity contribution is 6.08. The molecule has 0 fully saturated rings. The van der Waals surface area contributed by atoms with Crippen LogP contribution in [0.15, 0.2) is 48.5 Å². The molecule has 0 amide bonds. The molecule has 0 aliphatic rings. The standard InChI is InChI=1S/C25H32FNO4/c1-4-27(18-20-10-6-7-12-23(20)30-3)17-9-8-11-22(25(29)31-5-2)24(28)19-13-15-21(26)16-14-19/h6-7,10,12-16,22H,4-5,8-9,11,17-18H2,1-3H3. The maximum absolute atomic E-state index is 13.2. The summed E-state index contributed by atoms with van der Waals surface area (Å²) >= 11 is 0. The summed E-state index contributed by atoms with van der Waals surface area (Å²) in [4.78, 5) is 27.5. The van der Waals surface area contributed by atoms with Crippen LogP contribution >= 0.6 is 0 Å². The summed E-state index contributed by atoms with van der Waals surface area (Å²) in [6.07, 6.45) is 1.95. The fraction of sp³-hybridized carbons (Fsp3) is 0.440. The van der Waals surface area contributed by atoms with Crippen LogP contribution < -0.4 is 4.74 Å². The zero-order valence-corrected chi connectivity index (χ0v) is 18.6. The zero-order valence-electron chi connectivity index (χ0n) is 18.6. The highest BCUT2D eigenvalue weighted by Gasteiger charge is 2.28. The Kier molecular flexibility index (Phi) is 10.2. The molecule has 2 aromatic rings. The molecule has 0 heterocycles. The lowest BCUT2D eigenvalue weighted by Crippen LogP contribution is -2.27. The van der Waals surface area contributed by atoms with Gasteiger partial charge in [0.1, 0.15) is 17.5 Å². The van der Waals surface area contributed by atoms with Crippen molar-refractivity contribution in [2.24, 2.45) is 5.92 Å². The number of esters is 1. The van der Waals surface area contributed by atoms with Crippen molar-refractivity contribution in [2.45, 2.75) is 39.7 Å². The molecule has 0 aromatic heterocycles. The predicted octanol–water partition coefficient (Wildman–Crippen LogP) is 4.89. The molecule has 1 unspecified atom stereocenters. The van der Waals surface area contributed by atoms with Gasteiger partial charge in [0, 0.05) is 17.7 Å². The van der Waals surface area contributed by atoms with Crippen molar-refractivity contribution >= 4 is 11.8 Å². The second kappa shape index (κ2) is 12.8. The molecule has 168 valence electrons. The predicted molar refractivity (Wildman–Crippen MR) is 119 cm³/mol. The van der Waals surface area contributed by atoms with E-state index in [0.717, 1.165) is 37.4 Å². The number of hydrogen-bond donors (Lipinski definition) is 0. The molecule has 0 aliphatic heterocycles. The first-order valence-electron chi connectivity index (χ1n) is 10.8. The quantitative estimate of drug-likeness (QED) is 0.196. The van der Waals surface area contributed by atoms with Crippen LogP contribution in [0.2, 0.25) is 0 Å². The van der Waals surface area contributed by atoms with E-state index in [1.165, 1.54) is 24.3 Å². The Morgan fingerprint density at radius 1 is 1.03 bits per heavy atom. The Balaban J connectivity index is 1.94. The van der Waals surface area contributed by atoms with Crippen LogP contribution in [0.4, 0.5) is 4.39 Å². The van der Waals surface area contributed by atoms with E-state index < -0.39 is 17.7 Å². The molecule has 1 atom stereocenters. The second-order valence-electron chi connectivity index (χ2n) is 7.35. The number of methoxy groups -OCH3 is 1. The van der Waals surface area contributed by atoms with Gasteiger partial charge in [-0.25, -0.2) is 4.39 Å². The first-order chi connectivity index (χ1) is 15.0. The van der Waals surface area contributed by atoms with Crippen LogP contribution in [0.5, 0.6) is 5.75 Å². The van der Waals surface area contributed by atoms with Crippen LogP contribution in [0.1, 0.15) is 49.0 Å². The number of ketones is 1. The van der Waals surface area contributed by atoms with Gasteiger partial charge in [-0.15, -0.1) is 0 Å². The summed E-state index contributed by atoms with van der Waals surface area (Å²) < 4.78 is 23.7. The average Bonchev–Trinajstić information content (AvgIpc) is 2.78. The fourth-order valence-corrected chi connectivity index (χ4v) is 3.52. The number of benzene rings is 2. The smallest absolute Gasteiger partial charge is 0.316 e. The molecule has 6 heteroatoms. The average molecular weight is 430 g/mol. The molecule has 0 bridgehead atoms. The molecule has 31 heavy (non-hydrogen) atoms. The summed E-state index contributed by atoms with van der Waals surface area (Å²) in [5.74, 6) is -1.25. The van der Waals surface area contributed by atoms with Crippen molar-refractivity contribution in [1.29, 1.82) is 0 Å². The van der Waals surface area contributed by atoms with Gasteiger partial charge >= 0.3 is 5.97 Å². The topological polar surface area (TPSA) is 55.8 Å². The summed E-state index contributed by atoms with van der Waals surface area (Å²) in [7, 11) is 1.67. The molecular weight excluding hydrogens is 397 g/mol. The van der Waals surface area contributed by atoms with Crippen molar-refractivity contribution in [3.63, 3.8) is 0 Å². The van der Waals surface area contributed by atoms with E-state index in [1.807, 2.05) is 18.2 Å². The maximum Gasteiger partial charge on any atom is 0.316 e. The van der Waals surface area contributed by atoms with Gasteiger partial charge in [-0.3, -0.25) is 14.5 Å². The Bertz CT molecular complexity index is 838. The van der Waals surface area contributed by atoms with Crippen molar-refractivity contribution in [3.05, 3.63) is 65.5 Å². The van der Waals surface area contributed by atoms with Gasteiger partial charge in [0.2, 0.25) is 0 Å². The minimum atomic E-state index is -0.866. The first kappa shape index (κ1) is 24.5. The molecule has 2 rings (SSSR count). The molecule has 0 saturated carbocycles. The SMILES string of the molecule is CCOC(=O)C(CCCCN(CC)Cc1ccccc1OC)C(=O)c1ccc(F)cc1. The highest BCUT2D eigenvalue weighted by atomic mass is 19.1. The van der Waals surface area contributed by atoms with Gasteiger partial charge in [-0.05, 0) is 63.2 Å². The van der Waals surface area contributed by atoms with Crippen molar-refractivity contribution < 1.29 is 23.5 Å². The molecule has 0 aliphatic carbocycles. The van der Waals surface area contributed by atoms with Crippen molar-refractivity contribution in [3.8, 4) is 5.75 Å². The number of halogens is 1. The summed E-state index contributed by atoms with van der Waals surface area (Å²) in [5.41, 5.74) is 1.45. The van der Waals surface area contributed by atoms with Gasteiger partial charge in [0.05, 0.1) is 13.7 Å². The van der Waals surface area contributed by atoms with Crippen LogP contribution in [0.25, 0.3) is 0 Å². The van der Waals surface area contributed by atoms with E-state index in [9.17, 15) is 14.0 Å². The molecular formula is C25H32FNO4. The zero-order chi connectivity index (χ0) is 22.6. The third-order valence-corrected chi connectivity index (χ3v) is 5.27. The van der Waals surface area contributed by atoms with Crippen molar-refractivity contribution in [2.75, 3.05) is 26.8 Å². The van der Waals surface area contributed by atoms with E-state index >= 15 is 0 Å². The number of ether oxygens (including phenoxy) is 2. The van der Waals surface area contributed by atoms with E-state index in [-0.39, 0.29) is 12.4 Å². The van der Waals surface area contributed by atoms with Gasteiger partial charge in [-0.2, -0.15) is 0 Å². The summed E-state index contributed by atoms with van der Waals surface area (Å²) in [6, 6.07) is 13.2. The molecule has 0 radical (unpaired) electrons. The van der Waals surface area contributed by atoms with Crippen LogP contribution in [-0.4, -0.2) is 43.5 Å². The Hall–Kier alpha value is -2.73. The lowest BCUT2D eigenvalue weighted by molar-refractivity contribution is -0.146. The lowest BCUT2D eigenvalue weighted by atomic mass is 9.92. The lowest BCUT2D eigenvalue weighted by Gasteiger charge is -2.22. The molecule has 0 saturated heterocycles. The number of rotatable bonds is 13. The normalized spacial score (nSPS) is 11.9. The Morgan fingerprint density at radius 2 is 1.74 bits per heavy atom. The number of para-hydroxylation sites is 1.